The summed E-state index contributed by atoms with van der Waals surface area (Å²) in [6.45, 7) is 0. The van der Waals surface area contributed by atoms with Crippen LogP contribution in [0.3, 0.4) is 0 Å². The predicted molar refractivity (Wildman–Crippen MR) is 235 cm³/mol. The Bertz CT molecular complexity index is 3500. The van der Waals surface area contributed by atoms with Gasteiger partial charge in [0.05, 0.1) is 0 Å². The zero-order valence-electron chi connectivity index (χ0n) is 29.9. The molecule has 0 saturated carbocycles. The molecule has 0 N–H and O–H groups in total. The van der Waals surface area contributed by atoms with E-state index in [4.69, 9.17) is 13.8 Å². The van der Waals surface area contributed by atoms with Crippen LogP contribution in [0.4, 0.5) is 17.1 Å². The number of anilines is 3. The van der Waals surface area contributed by atoms with Gasteiger partial charge < -0.3 is 13.7 Å². The van der Waals surface area contributed by atoms with Gasteiger partial charge in [0, 0.05) is 65.0 Å². The molecule has 0 spiro atoms. The highest BCUT2D eigenvalue weighted by Gasteiger charge is 2.21. The standard InChI is InChI=1S/C51H30N2O2S/c1-2-10-31(11-3-1)34-14-8-15-35(28-34)53(36-23-27-46-42(29-36)49-38-16-6-4-12-32(38)21-26-47(49)56-46)37-22-24-40-45(30-37)54-44-19-9-18-41(48(40)44)51-52-43-25-20-33-13-5-7-17-39(33)50(43)55-51/h1-30H. The van der Waals surface area contributed by atoms with Crippen molar-refractivity contribution in [1.29, 1.82) is 0 Å². The largest absolute Gasteiger partial charge is 0.456 e. The molecular weight excluding hydrogens is 705 g/mol. The highest BCUT2D eigenvalue weighted by atomic mass is 32.1. The Morgan fingerprint density at radius 2 is 1.14 bits per heavy atom. The molecule has 0 unspecified atom stereocenters. The van der Waals surface area contributed by atoms with Gasteiger partial charge in [0.2, 0.25) is 5.89 Å². The average molecular weight is 735 g/mol. The fourth-order valence-corrected chi connectivity index (χ4v) is 9.58. The van der Waals surface area contributed by atoms with Gasteiger partial charge in [0.15, 0.2) is 5.58 Å². The Morgan fingerprint density at radius 1 is 0.429 bits per heavy atom. The number of hydrogen-bond donors (Lipinski definition) is 0. The van der Waals surface area contributed by atoms with Gasteiger partial charge in [-0.15, -0.1) is 11.3 Å². The molecule has 0 aliphatic heterocycles. The highest BCUT2D eigenvalue weighted by Crippen LogP contribution is 2.45. The minimum atomic E-state index is 0.580. The van der Waals surface area contributed by atoms with Crippen LogP contribution in [0.15, 0.2) is 191 Å². The number of rotatable bonds is 5. The van der Waals surface area contributed by atoms with Crippen molar-refractivity contribution in [3.05, 3.63) is 182 Å². The molecule has 0 amide bonds. The number of hydrogen-bond acceptors (Lipinski definition) is 5. The second-order valence-corrected chi connectivity index (χ2v) is 15.4. The monoisotopic (exact) mass is 734 g/mol. The van der Waals surface area contributed by atoms with Crippen molar-refractivity contribution in [3.8, 4) is 22.6 Å². The van der Waals surface area contributed by atoms with Crippen LogP contribution in [-0.2, 0) is 0 Å². The molecule has 0 saturated heterocycles. The Kier molecular flexibility index (Phi) is 6.76. The van der Waals surface area contributed by atoms with Crippen molar-refractivity contribution in [2.45, 2.75) is 0 Å². The number of aromatic nitrogens is 1. The average Bonchev–Trinajstić information content (AvgIpc) is 3.98. The summed E-state index contributed by atoms with van der Waals surface area (Å²) in [6, 6.07) is 64.5. The fraction of sp³-hybridized carbons (Fsp3) is 0. The SMILES string of the molecule is c1ccc(-c2cccc(N(c3ccc4c(c3)oc3cccc(-c5nc6ccc7ccccc7c6o5)c34)c3ccc4sc5ccc6ccccc6c5c4c3)c2)cc1. The quantitative estimate of drug-likeness (QED) is 0.177. The molecule has 0 aliphatic rings. The van der Waals surface area contributed by atoms with Crippen molar-refractivity contribution in [2.24, 2.45) is 0 Å². The molecule has 5 heteroatoms. The maximum absolute atomic E-state index is 6.68. The van der Waals surface area contributed by atoms with E-state index in [0.717, 1.165) is 72.0 Å². The molecule has 0 aliphatic carbocycles. The number of fused-ring (bicyclic) bond motifs is 11. The maximum atomic E-state index is 6.68. The van der Waals surface area contributed by atoms with Crippen LogP contribution in [0.1, 0.15) is 0 Å². The van der Waals surface area contributed by atoms with Gasteiger partial charge in [-0.1, -0.05) is 109 Å². The first-order valence-electron chi connectivity index (χ1n) is 18.8. The van der Waals surface area contributed by atoms with Crippen molar-refractivity contribution >= 4 is 103 Å². The van der Waals surface area contributed by atoms with Crippen LogP contribution in [-0.4, -0.2) is 4.98 Å². The summed E-state index contributed by atoms with van der Waals surface area (Å²) < 4.78 is 15.8. The molecule has 3 aromatic heterocycles. The number of oxazole rings is 1. The fourth-order valence-electron chi connectivity index (χ4n) is 8.48. The summed E-state index contributed by atoms with van der Waals surface area (Å²) in [6.07, 6.45) is 0. The zero-order valence-corrected chi connectivity index (χ0v) is 30.8. The molecular formula is C51H30N2O2S. The molecule has 0 bridgehead atoms. The molecule has 0 radical (unpaired) electrons. The summed E-state index contributed by atoms with van der Waals surface area (Å²) >= 11 is 1.85. The third-order valence-electron chi connectivity index (χ3n) is 11.1. The van der Waals surface area contributed by atoms with Crippen LogP contribution < -0.4 is 4.90 Å². The van der Waals surface area contributed by atoms with Crippen molar-refractivity contribution in [3.63, 3.8) is 0 Å². The van der Waals surface area contributed by atoms with Gasteiger partial charge >= 0.3 is 0 Å². The number of furan rings is 1. The lowest BCUT2D eigenvalue weighted by Gasteiger charge is -2.26. The predicted octanol–water partition coefficient (Wildman–Crippen LogP) is 15.2. The van der Waals surface area contributed by atoms with Gasteiger partial charge in [-0.2, -0.15) is 0 Å². The summed E-state index contributed by atoms with van der Waals surface area (Å²) in [5.74, 6) is 0.580. The summed E-state index contributed by atoms with van der Waals surface area (Å²) in [4.78, 5) is 7.32. The Labute approximate surface area is 325 Å². The van der Waals surface area contributed by atoms with Crippen LogP contribution in [0.2, 0.25) is 0 Å². The number of thiophene rings is 1. The molecule has 56 heavy (non-hydrogen) atoms. The molecule has 12 rings (SSSR count). The third-order valence-corrected chi connectivity index (χ3v) is 12.2. The molecule has 12 aromatic rings. The Morgan fingerprint density at radius 3 is 2.05 bits per heavy atom. The molecule has 0 fully saturated rings. The molecule has 262 valence electrons. The van der Waals surface area contributed by atoms with E-state index >= 15 is 0 Å². The van der Waals surface area contributed by atoms with Crippen LogP contribution in [0.5, 0.6) is 0 Å². The molecule has 9 aromatic carbocycles. The summed E-state index contributed by atoms with van der Waals surface area (Å²) in [7, 11) is 0. The maximum Gasteiger partial charge on any atom is 0.228 e. The zero-order chi connectivity index (χ0) is 36.7. The van der Waals surface area contributed by atoms with Gasteiger partial charge in [-0.05, 0) is 94.0 Å². The first-order chi connectivity index (χ1) is 27.7. The van der Waals surface area contributed by atoms with Crippen LogP contribution in [0.25, 0.3) is 97.3 Å². The van der Waals surface area contributed by atoms with E-state index in [2.05, 4.69) is 157 Å². The topological polar surface area (TPSA) is 42.4 Å². The first kappa shape index (κ1) is 31.2. The van der Waals surface area contributed by atoms with Gasteiger partial charge in [-0.3, -0.25) is 0 Å². The molecule has 4 nitrogen and oxygen atoms in total. The Balaban J connectivity index is 1.06. The number of benzene rings is 9. The van der Waals surface area contributed by atoms with Crippen LogP contribution in [0, 0.1) is 0 Å². The second kappa shape index (κ2) is 12.2. The minimum Gasteiger partial charge on any atom is -0.456 e. The molecule has 0 atom stereocenters. The summed E-state index contributed by atoms with van der Waals surface area (Å²) in [5, 5.41) is 9.25. The lowest BCUT2D eigenvalue weighted by molar-refractivity contribution is 0.623. The van der Waals surface area contributed by atoms with Crippen molar-refractivity contribution in [1.82, 2.24) is 4.98 Å². The lowest BCUT2D eigenvalue weighted by atomic mass is 10.0. The highest BCUT2D eigenvalue weighted by molar-refractivity contribution is 7.26. The lowest BCUT2D eigenvalue weighted by Crippen LogP contribution is -2.09. The molecule has 3 heterocycles. The van der Waals surface area contributed by atoms with E-state index in [1.807, 2.05) is 41.7 Å². The van der Waals surface area contributed by atoms with Gasteiger partial charge in [0.1, 0.15) is 16.7 Å². The van der Waals surface area contributed by atoms with E-state index in [-0.39, 0.29) is 0 Å². The van der Waals surface area contributed by atoms with Gasteiger partial charge in [0.25, 0.3) is 0 Å². The van der Waals surface area contributed by atoms with E-state index in [1.54, 1.807) is 0 Å². The number of nitrogens with zero attached hydrogens (tertiary/aromatic N) is 2. The van der Waals surface area contributed by atoms with E-state index in [9.17, 15) is 0 Å². The smallest absolute Gasteiger partial charge is 0.228 e. The normalized spacial score (nSPS) is 11.9. The van der Waals surface area contributed by atoms with Crippen molar-refractivity contribution < 1.29 is 8.83 Å². The van der Waals surface area contributed by atoms with Crippen molar-refractivity contribution in [2.75, 3.05) is 4.90 Å². The van der Waals surface area contributed by atoms with E-state index in [0.29, 0.717) is 5.89 Å². The minimum absolute atomic E-state index is 0.580. The second-order valence-electron chi connectivity index (χ2n) is 14.3. The first-order valence-corrected chi connectivity index (χ1v) is 19.6. The Hall–Kier alpha value is -7.21. The summed E-state index contributed by atoms with van der Waals surface area (Å²) in [5.41, 5.74) is 9.58. The third kappa shape index (κ3) is 4.81. The van der Waals surface area contributed by atoms with Gasteiger partial charge in [-0.25, -0.2) is 4.98 Å². The van der Waals surface area contributed by atoms with Crippen LogP contribution >= 0.6 is 11.3 Å². The van der Waals surface area contributed by atoms with E-state index in [1.165, 1.54) is 36.5 Å². The van der Waals surface area contributed by atoms with E-state index < -0.39 is 0 Å².